The van der Waals surface area contributed by atoms with Crippen LogP contribution < -0.4 is 5.32 Å². The van der Waals surface area contributed by atoms with Crippen LogP contribution in [0.1, 0.15) is 23.1 Å². The number of nitrogens with zero attached hydrogens (tertiary/aromatic N) is 4. The number of carbonyl (C=O) groups excluding carboxylic acids is 2. The Morgan fingerprint density at radius 1 is 1.18 bits per heavy atom. The maximum atomic E-state index is 12.8. The summed E-state index contributed by atoms with van der Waals surface area (Å²) in [4.78, 5) is 25.2. The number of aryl methyl sites for hydroxylation is 1. The van der Waals surface area contributed by atoms with Crippen LogP contribution in [0.5, 0.6) is 0 Å². The number of thioether (sulfide) groups is 1. The molecule has 1 amide bonds. The van der Waals surface area contributed by atoms with E-state index in [1.807, 2.05) is 18.2 Å². The zero-order chi connectivity index (χ0) is 20.1. The summed E-state index contributed by atoms with van der Waals surface area (Å²) < 4.78 is 6.34. The highest BCUT2D eigenvalue weighted by Gasteiger charge is 2.19. The summed E-state index contributed by atoms with van der Waals surface area (Å²) in [5, 5.41) is 13.9. The number of methoxy groups -OCH3 is 1. The lowest BCUT2D eigenvalue weighted by Gasteiger charge is -2.13. The number of hydrogen-bond donors (Lipinski definition) is 1. The maximum Gasteiger partial charge on any atom is 0.318 e. The Hall–Kier alpha value is -3.20. The first-order chi connectivity index (χ1) is 13.5. The van der Waals surface area contributed by atoms with Gasteiger partial charge in [0.15, 0.2) is 5.82 Å². The van der Waals surface area contributed by atoms with Gasteiger partial charge in [-0.15, -0.1) is 16.9 Å². The van der Waals surface area contributed by atoms with Crippen molar-refractivity contribution in [3.8, 4) is 5.69 Å². The average molecular weight is 397 g/mol. The first kappa shape index (κ1) is 19.6. The van der Waals surface area contributed by atoms with Gasteiger partial charge in [0.25, 0.3) is 5.91 Å². The number of ether oxygens (including phenoxy) is 1. The molecular weight excluding hydrogens is 378 g/mol. The van der Waals surface area contributed by atoms with Crippen LogP contribution in [0.4, 0.5) is 5.69 Å². The fourth-order valence-corrected chi connectivity index (χ4v) is 3.56. The molecule has 8 nitrogen and oxygen atoms in total. The molecule has 1 atom stereocenters. The van der Waals surface area contributed by atoms with Gasteiger partial charge in [0.05, 0.1) is 18.4 Å². The van der Waals surface area contributed by atoms with Gasteiger partial charge >= 0.3 is 5.97 Å². The van der Waals surface area contributed by atoms with Crippen LogP contribution in [-0.2, 0) is 9.53 Å². The summed E-state index contributed by atoms with van der Waals surface area (Å²) in [6.07, 6.45) is 0. The Morgan fingerprint density at radius 2 is 1.96 bits per heavy atom. The largest absolute Gasteiger partial charge is 0.468 e. The number of aromatic nitrogens is 4. The molecule has 28 heavy (non-hydrogen) atoms. The molecule has 0 saturated carbocycles. The number of amides is 1. The van der Waals surface area contributed by atoms with Crippen molar-refractivity contribution in [1.82, 2.24) is 20.2 Å². The lowest BCUT2D eigenvalue weighted by Crippen LogP contribution is -2.17. The molecule has 3 rings (SSSR count). The lowest BCUT2D eigenvalue weighted by atomic mass is 10.2. The Kier molecular flexibility index (Phi) is 6.05. The number of esters is 1. The number of carbonyl (C=O) groups is 2. The molecule has 0 radical (unpaired) electrons. The zero-order valence-electron chi connectivity index (χ0n) is 15.6. The SMILES string of the molecule is COC(=O)C(C)Sc1ccccc1C(=O)Nc1cccc(-n2nnnc2C)c1. The molecule has 1 aromatic heterocycles. The highest BCUT2D eigenvalue weighted by Crippen LogP contribution is 2.28. The van der Waals surface area contributed by atoms with Crippen molar-refractivity contribution in [2.45, 2.75) is 24.0 Å². The van der Waals surface area contributed by atoms with Crippen LogP contribution in [-0.4, -0.2) is 44.4 Å². The third-order valence-corrected chi connectivity index (χ3v) is 5.10. The van der Waals surface area contributed by atoms with Crippen LogP contribution in [0.2, 0.25) is 0 Å². The minimum Gasteiger partial charge on any atom is -0.468 e. The van der Waals surface area contributed by atoms with Gasteiger partial charge in [-0.25, -0.2) is 0 Å². The maximum absolute atomic E-state index is 12.8. The second-order valence-corrected chi connectivity index (χ2v) is 7.30. The summed E-state index contributed by atoms with van der Waals surface area (Å²) in [6, 6.07) is 14.4. The molecular formula is C19H19N5O3S. The molecule has 144 valence electrons. The van der Waals surface area contributed by atoms with E-state index in [-0.39, 0.29) is 11.9 Å². The van der Waals surface area contributed by atoms with Crippen LogP contribution >= 0.6 is 11.8 Å². The molecule has 1 heterocycles. The van der Waals surface area contributed by atoms with Crippen molar-refractivity contribution >= 4 is 29.3 Å². The molecule has 0 aliphatic rings. The standard InChI is InChI=1S/C19H19N5O3S/c1-12(19(26)27-3)28-17-10-5-4-9-16(17)18(25)20-14-7-6-8-15(11-14)24-13(2)21-22-23-24/h4-12H,1-3H3,(H,20,25). The first-order valence-corrected chi connectivity index (χ1v) is 9.38. The van der Waals surface area contributed by atoms with Gasteiger partial charge < -0.3 is 10.1 Å². The summed E-state index contributed by atoms with van der Waals surface area (Å²) in [6.45, 7) is 3.53. The van der Waals surface area contributed by atoms with Crippen LogP contribution in [0.3, 0.4) is 0 Å². The van der Waals surface area contributed by atoms with Gasteiger partial charge in [-0.3, -0.25) is 9.59 Å². The molecule has 0 fully saturated rings. The Morgan fingerprint density at radius 3 is 2.68 bits per heavy atom. The minimum atomic E-state index is -0.426. The molecule has 0 aliphatic carbocycles. The Bertz CT molecular complexity index is 1000. The number of benzene rings is 2. The first-order valence-electron chi connectivity index (χ1n) is 8.50. The topological polar surface area (TPSA) is 99.0 Å². The van der Waals surface area contributed by atoms with Gasteiger partial charge in [-0.05, 0) is 54.6 Å². The second-order valence-electron chi connectivity index (χ2n) is 5.92. The molecule has 1 N–H and O–H groups in total. The molecule has 0 aliphatic heterocycles. The third-order valence-electron chi connectivity index (χ3n) is 3.94. The van der Waals surface area contributed by atoms with E-state index in [4.69, 9.17) is 4.74 Å². The molecule has 2 aromatic carbocycles. The van der Waals surface area contributed by atoms with Gasteiger partial charge in [0.1, 0.15) is 5.25 Å². The van der Waals surface area contributed by atoms with Gasteiger partial charge in [0, 0.05) is 10.6 Å². The van der Waals surface area contributed by atoms with Crippen LogP contribution in [0, 0.1) is 6.92 Å². The Balaban J connectivity index is 1.81. The molecule has 0 saturated heterocycles. The number of tetrazole rings is 1. The second kappa shape index (κ2) is 8.66. The van der Waals surface area contributed by atoms with E-state index >= 15 is 0 Å². The fourth-order valence-electron chi connectivity index (χ4n) is 2.55. The number of hydrogen-bond acceptors (Lipinski definition) is 7. The summed E-state index contributed by atoms with van der Waals surface area (Å²) >= 11 is 1.28. The van der Waals surface area contributed by atoms with E-state index < -0.39 is 5.25 Å². The number of nitrogens with one attached hydrogen (secondary N) is 1. The van der Waals surface area contributed by atoms with Gasteiger partial charge in [-0.2, -0.15) is 4.68 Å². The summed E-state index contributed by atoms with van der Waals surface area (Å²) in [5.74, 6) is 0.0255. The van der Waals surface area contributed by atoms with E-state index in [1.165, 1.54) is 18.9 Å². The summed E-state index contributed by atoms with van der Waals surface area (Å²) in [5.41, 5.74) is 1.83. The van der Waals surface area contributed by atoms with Gasteiger partial charge in [-0.1, -0.05) is 18.2 Å². The van der Waals surface area contributed by atoms with E-state index in [2.05, 4.69) is 20.8 Å². The Labute approximate surface area is 166 Å². The van der Waals surface area contributed by atoms with E-state index in [9.17, 15) is 9.59 Å². The molecule has 1 unspecified atom stereocenters. The zero-order valence-corrected chi connectivity index (χ0v) is 16.4. The number of anilines is 1. The van der Waals surface area contributed by atoms with Crippen molar-refractivity contribution in [1.29, 1.82) is 0 Å². The molecule has 0 spiro atoms. The molecule has 0 bridgehead atoms. The van der Waals surface area contributed by atoms with Crippen LogP contribution in [0.15, 0.2) is 53.4 Å². The highest BCUT2D eigenvalue weighted by molar-refractivity contribution is 8.00. The van der Waals surface area contributed by atoms with E-state index in [1.54, 1.807) is 48.9 Å². The van der Waals surface area contributed by atoms with Crippen molar-refractivity contribution in [2.24, 2.45) is 0 Å². The van der Waals surface area contributed by atoms with E-state index in [0.717, 1.165) is 5.69 Å². The highest BCUT2D eigenvalue weighted by atomic mass is 32.2. The fraction of sp³-hybridized carbons (Fsp3) is 0.211. The van der Waals surface area contributed by atoms with Crippen molar-refractivity contribution in [2.75, 3.05) is 12.4 Å². The predicted octanol–water partition coefficient (Wildman–Crippen LogP) is 2.88. The number of rotatable bonds is 6. The quantitative estimate of drug-likeness (QED) is 0.504. The van der Waals surface area contributed by atoms with Crippen molar-refractivity contribution < 1.29 is 14.3 Å². The smallest absolute Gasteiger partial charge is 0.318 e. The average Bonchev–Trinajstić information content (AvgIpc) is 3.13. The lowest BCUT2D eigenvalue weighted by molar-refractivity contribution is -0.139. The monoisotopic (exact) mass is 397 g/mol. The normalized spacial score (nSPS) is 11.7. The van der Waals surface area contributed by atoms with E-state index in [0.29, 0.717) is 22.0 Å². The third kappa shape index (κ3) is 4.37. The molecule has 9 heteroatoms. The van der Waals surface area contributed by atoms with Gasteiger partial charge in [0.2, 0.25) is 0 Å². The van der Waals surface area contributed by atoms with Crippen molar-refractivity contribution in [3.05, 3.63) is 59.9 Å². The van der Waals surface area contributed by atoms with Crippen molar-refractivity contribution in [3.63, 3.8) is 0 Å². The predicted molar refractivity (Wildman–Crippen MR) is 106 cm³/mol. The van der Waals surface area contributed by atoms with Crippen LogP contribution in [0.25, 0.3) is 5.69 Å². The summed E-state index contributed by atoms with van der Waals surface area (Å²) in [7, 11) is 1.34. The minimum absolute atomic E-state index is 0.272. The molecule has 3 aromatic rings.